The van der Waals surface area contributed by atoms with Gasteiger partial charge in [0.2, 0.25) is 10.8 Å². The van der Waals surface area contributed by atoms with E-state index >= 15 is 0 Å². The van der Waals surface area contributed by atoms with Crippen LogP contribution in [0.1, 0.15) is 42.3 Å². The molecule has 2 aliphatic heterocycles. The summed E-state index contributed by atoms with van der Waals surface area (Å²) in [5.41, 5.74) is 1.95. The largest absolute Gasteiger partial charge is 0.559 e. The summed E-state index contributed by atoms with van der Waals surface area (Å²) in [6.07, 6.45) is -0.855. The van der Waals surface area contributed by atoms with Crippen molar-refractivity contribution < 1.29 is 23.9 Å². The number of benzene rings is 2. The van der Waals surface area contributed by atoms with E-state index in [0.29, 0.717) is 29.3 Å². The van der Waals surface area contributed by atoms with E-state index in [-0.39, 0.29) is 12.4 Å². The summed E-state index contributed by atoms with van der Waals surface area (Å²) >= 11 is 1.20. The molecule has 1 atom stereocenters. The Morgan fingerprint density at radius 2 is 1.75 bits per heavy atom. The third kappa shape index (κ3) is 5.10. The van der Waals surface area contributed by atoms with Gasteiger partial charge in [0.25, 0.3) is 5.91 Å². The molecule has 1 fully saturated rings. The van der Waals surface area contributed by atoms with Crippen LogP contribution in [-0.4, -0.2) is 56.8 Å². The lowest BCUT2D eigenvalue weighted by Crippen LogP contribution is -2.61. The molecule has 2 aromatic carbocycles. The molecule has 208 valence electrons. The van der Waals surface area contributed by atoms with Crippen LogP contribution in [0.15, 0.2) is 71.1 Å². The highest BCUT2D eigenvalue weighted by Gasteiger charge is 2.59. The number of imide groups is 1. The molecule has 1 saturated heterocycles. The Kier molecular flexibility index (Phi) is 7.70. The van der Waals surface area contributed by atoms with Gasteiger partial charge in [0.1, 0.15) is 0 Å². The molecule has 5 rings (SSSR count). The molecule has 3 heterocycles. The van der Waals surface area contributed by atoms with Crippen molar-refractivity contribution in [2.75, 3.05) is 37.8 Å². The summed E-state index contributed by atoms with van der Waals surface area (Å²) < 4.78 is 9.68. The summed E-state index contributed by atoms with van der Waals surface area (Å²) in [4.78, 5) is 42.9. The SMILES string of the molecule is CCOC(=O)[N+]1(C(=O)NC(C)(C)c2ccccc2)N=C(NC(=O)c2ccc(N3CCOCC3)cc2)c2ccsc21. The quantitative estimate of drug-likeness (QED) is 0.433. The third-order valence-electron chi connectivity index (χ3n) is 6.92. The maximum Gasteiger partial charge on any atom is 0.559 e. The zero-order valence-electron chi connectivity index (χ0n) is 22.7. The lowest BCUT2D eigenvalue weighted by molar-refractivity contribution is 0.0973. The molecule has 0 bridgehead atoms. The van der Waals surface area contributed by atoms with Gasteiger partial charge in [0, 0.05) is 28.9 Å². The molecule has 11 heteroatoms. The van der Waals surface area contributed by atoms with Gasteiger partial charge in [-0.25, -0.2) is 4.79 Å². The number of hydrogen-bond donors (Lipinski definition) is 2. The standard InChI is InChI=1S/C29H31N5O5S/c1-4-39-28(37)34(27(36)31-29(2,3)21-8-6-5-7-9-21)26-23(14-19-40-26)24(32-34)30-25(35)20-10-12-22(13-11-20)33-15-17-38-18-16-33/h5-14,19H,4,15-18H2,1-3H3,(H-,30,31,32,35,36)/p+1. The number of hydrogen-bond acceptors (Lipinski definition) is 8. The number of ether oxygens (including phenoxy) is 2. The lowest BCUT2D eigenvalue weighted by Gasteiger charge is -2.29. The number of carbonyl (C=O) groups is 3. The number of thiophene rings is 1. The molecular formula is C29H32N5O5S+. The average molecular weight is 563 g/mol. The van der Waals surface area contributed by atoms with Crippen molar-refractivity contribution in [2.45, 2.75) is 26.3 Å². The van der Waals surface area contributed by atoms with Crippen LogP contribution >= 0.6 is 11.3 Å². The highest BCUT2D eigenvalue weighted by atomic mass is 32.1. The van der Waals surface area contributed by atoms with Crippen molar-refractivity contribution >= 4 is 45.9 Å². The molecule has 10 nitrogen and oxygen atoms in total. The van der Waals surface area contributed by atoms with Gasteiger partial charge >= 0.3 is 12.1 Å². The fourth-order valence-electron chi connectivity index (χ4n) is 4.73. The van der Waals surface area contributed by atoms with Gasteiger partial charge in [-0.15, -0.1) is 0 Å². The van der Waals surface area contributed by atoms with E-state index in [0.717, 1.165) is 24.3 Å². The van der Waals surface area contributed by atoms with E-state index in [2.05, 4.69) is 20.6 Å². The van der Waals surface area contributed by atoms with Crippen molar-refractivity contribution in [3.8, 4) is 0 Å². The Morgan fingerprint density at radius 3 is 2.42 bits per heavy atom. The predicted octanol–water partition coefficient (Wildman–Crippen LogP) is 4.80. The van der Waals surface area contributed by atoms with Gasteiger partial charge in [-0.2, -0.15) is 4.79 Å². The normalized spacial score (nSPS) is 18.5. The first kappa shape index (κ1) is 27.5. The third-order valence-corrected chi connectivity index (χ3v) is 7.90. The van der Waals surface area contributed by atoms with Gasteiger partial charge in [-0.3, -0.25) is 10.1 Å². The number of carbonyl (C=O) groups excluding carboxylic acids is 3. The molecule has 0 radical (unpaired) electrons. The number of urea groups is 1. The minimum Gasteiger partial charge on any atom is -0.418 e. The number of amides is 4. The second-order valence-electron chi connectivity index (χ2n) is 9.94. The fourth-order valence-corrected chi connectivity index (χ4v) is 5.71. The Hall–Kier alpha value is -4.06. The second kappa shape index (κ2) is 11.2. The number of nitrogens with zero attached hydrogens (tertiary/aromatic N) is 3. The zero-order chi connectivity index (χ0) is 28.3. The summed E-state index contributed by atoms with van der Waals surface area (Å²) in [7, 11) is 0. The number of amidine groups is 1. The van der Waals surface area contributed by atoms with E-state index in [9.17, 15) is 14.4 Å². The van der Waals surface area contributed by atoms with E-state index in [1.165, 1.54) is 11.3 Å². The summed E-state index contributed by atoms with van der Waals surface area (Å²) in [5, 5.41) is 12.4. The molecule has 0 saturated carbocycles. The molecule has 4 amide bonds. The Morgan fingerprint density at radius 1 is 1.05 bits per heavy atom. The first-order valence-corrected chi connectivity index (χ1v) is 14.0. The number of quaternary nitrogens is 1. The molecule has 1 aromatic heterocycles. The van der Waals surface area contributed by atoms with Crippen molar-refractivity contribution in [3.05, 3.63) is 82.7 Å². The molecule has 1 unspecified atom stereocenters. The summed E-state index contributed by atoms with van der Waals surface area (Å²) in [6.45, 7) is 8.34. The van der Waals surface area contributed by atoms with Crippen molar-refractivity contribution in [1.82, 2.24) is 15.2 Å². The van der Waals surface area contributed by atoms with Gasteiger partial charge in [-0.05, 0) is 67.1 Å². The monoisotopic (exact) mass is 562 g/mol. The Labute approximate surface area is 236 Å². The molecule has 2 aliphatic rings. The van der Waals surface area contributed by atoms with Crippen LogP contribution in [0, 0.1) is 0 Å². The molecule has 2 N–H and O–H groups in total. The summed E-state index contributed by atoms with van der Waals surface area (Å²) in [5.74, 6) is -0.280. The van der Waals surface area contributed by atoms with Crippen LogP contribution in [0.2, 0.25) is 0 Å². The number of rotatable bonds is 5. The van der Waals surface area contributed by atoms with Crippen LogP contribution in [-0.2, 0) is 15.0 Å². The molecule has 40 heavy (non-hydrogen) atoms. The van der Waals surface area contributed by atoms with Crippen LogP contribution in [0.5, 0.6) is 0 Å². The first-order valence-electron chi connectivity index (χ1n) is 13.1. The van der Waals surface area contributed by atoms with E-state index in [4.69, 9.17) is 9.47 Å². The van der Waals surface area contributed by atoms with Crippen LogP contribution < -0.4 is 20.1 Å². The van der Waals surface area contributed by atoms with Crippen molar-refractivity contribution in [1.29, 1.82) is 0 Å². The maximum atomic E-state index is 14.0. The van der Waals surface area contributed by atoms with Gasteiger partial charge in [-0.1, -0.05) is 41.7 Å². The van der Waals surface area contributed by atoms with Crippen LogP contribution in [0.25, 0.3) is 0 Å². The first-order chi connectivity index (χ1) is 19.3. The zero-order valence-corrected chi connectivity index (χ0v) is 23.5. The summed E-state index contributed by atoms with van der Waals surface area (Å²) in [6, 6.07) is 17.8. The number of anilines is 1. The smallest absolute Gasteiger partial charge is 0.418 e. The van der Waals surface area contributed by atoms with Gasteiger partial charge in [0.15, 0.2) is 0 Å². The molecular weight excluding hydrogens is 530 g/mol. The van der Waals surface area contributed by atoms with Crippen LogP contribution in [0.4, 0.5) is 20.3 Å². The maximum absolute atomic E-state index is 14.0. The number of fused-ring (bicyclic) bond motifs is 1. The Balaban J connectivity index is 1.44. The average Bonchev–Trinajstić information content (AvgIpc) is 3.57. The predicted molar refractivity (Wildman–Crippen MR) is 155 cm³/mol. The lowest BCUT2D eigenvalue weighted by atomic mass is 9.94. The number of morpholine rings is 1. The van der Waals surface area contributed by atoms with Crippen LogP contribution in [0.3, 0.4) is 0 Å². The van der Waals surface area contributed by atoms with E-state index in [1.54, 1.807) is 30.5 Å². The molecule has 3 aromatic rings. The van der Waals surface area contributed by atoms with Gasteiger partial charge in [0.05, 0.1) is 30.9 Å². The number of nitrogens with one attached hydrogen (secondary N) is 2. The highest BCUT2D eigenvalue weighted by molar-refractivity contribution is 7.14. The van der Waals surface area contributed by atoms with E-state index in [1.807, 2.05) is 56.3 Å². The molecule has 0 spiro atoms. The van der Waals surface area contributed by atoms with Crippen molar-refractivity contribution in [3.63, 3.8) is 0 Å². The van der Waals surface area contributed by atoms with Gasteiger partial charge < -0.3 is 19.7 Å². The molecule has 0 aliphatic carbocycles. The van der Waals surface area contributed by atoms with Crippen molar-refractivity contribution in [2.24, 2.45) is 5.10 Å². The van der Waals surface area contributed by atoms with E-state index < -0.39 is 28.2 Å². The Bertz CT molecular complexity index is 1430. The highest BCUT2D eigenvalue weighted by Crippen LogP contribution is 2.41. The second-order valence-corrected chi connectivity index (χ2v) is 10.8. The fraction of sp³-hybridized carbons (Fsp3) is 0.310. The topological polar surface area (TPSA) is 109 Å². The minimum atomic E-state index is -1.08. The minimum absolute atomic E-state index is 0.0571.